The molecular formula is C14H21N5O. The molecule has 1 fully saturated rings. The molecule has 2 aromatic heterocycles. The lowest BCUT2D eigenvalue weighted by Gasteiger charge is -2.30. The Morgan fingerprint density at radius 2 is 2.10 bits per heavy atom. The van der Waals surface area contributed by atoms with Gasteiger partial charge in [-0.2, -0.15) is 0 Å². The number of hydrogen-bond donors (Lipinski definition) is 2. The number of aromatic nitrogens is 4. The van der Waals surface area contributed by atoms with E-state index in [0.717, 1.165) is 30.3 Å². The van der Waals surface area contributed by atoms with Crippen molar-refractivity contribution in [2.24, 2.45) is 11.8 Å². The van der Waals surface area contributed by atoms with E-state index in [0.29, 0.717) is 11.8 Å². The summed E-state index contributed by atoms with van der Waals surface area (Å²) in [5, 5.41) is 21.1. The van der Waals surface area contributed by atoms with Crippen molar-refractivity contribution in [1.82, 2.24) is 19.6 Å². The molecule has 20 heavy (non-hydrogen) atoms. The van der Waals surface area contributed by atoms with Crippen LogP contribution in [0.3, 0.4) is 0 Å². The molecule has 0 amide bonds. The lowest BCUT2D eigenvalue weighted by molar-refractivity contribution is 0.141. The minimum Gasteiger partial charge on any atom is -0.396 e. The zero-order valence-corrected chi connectivity index (χ0v) is 11.8. The molecule has 0 aliphatic heterocycles. The maximum atomic E-state index is 9.46. The van der Waals surface area contributed by atoms with Crippen LogP contribution in [0.5, 0.6) is 0 Å². The van der Waals surface area contributed by atoms with E-state index in [-0.39, 0.29) is 6.61 Å². The van der Waals surface area contributed by atoms with Gasteiger partial charge in [0, 0.05) is 25.5 Å². The molecule has 2 heterocycles. The lowest BCUT2D eigenvalue weighted by atomic mass is 9.79. The van der Waals surface area contributed by atoms with Gasteiger partial charge in [-0.1, -0.05) is 12.8 Å². The van der Waals surface area contributed by atoms with E-state index in [9.17, 15) is 5.11 Å². The van der Waals surface area contributed by atoms with Crippen molar-refractivity contribution in [3.8, 4) is 0 Å². The summed E-state index contributed by atoms with van der Waals surface area (Å²) in [6.07, 6.45) is 8.42. The largest absolute Gasteiger partial charge is 0.396 e. The van der Waals surface area contributed by atoms with Crippen molar-refractivity contribution < 1.29 is 5.11 Å². The Morgan fingerprint density at radius 1 is 1.30 bits per heavy atom. The maximum absolute atomic E-state index is 9.46. The number of aliphatic hydroxyl groups is 1. The van der Waals surface area contributed by atoms with Crippen LogP contribution in [0.4, 0.5) is 5.82 Å². The van der Waals surface area contributed by atoms with Crippen LogP contribution < -0.4 is 5.32 Å². The summed E-state index contributed by atoms with van der Waals surface area (Å²) in [6.45, 7) is 3.05. The third-order valence-electron chi connectivity index (χ3n) is 4.33. The third kappa shape index (κ3) is 2.47. The summed E-state index contributed by atoms with van der Waals surface area (Å²) < 4.78 is 1.93. The second kappa shape index (κ2) is 5.75. The fourth-order valence-corrected chi connectivity index (χ4v) is 3.09. The number of hydrogen-bond acceptors (Lipinski definition) is 5. The molecule has 2 aromatic rings. The maximum Gasteiger partial charge on any atom is 0.203 e. The van der Waals surface area contributed by atoms with Gasteiger partial charge in [-0.15, -0.1) is 10.2 Å². The Balaban J connectivity index is 1.73. The van der Waals surface area contributed by atoms with Crippen LogP contribution in [0.15, 0.2) is 12.4 Å². The molecule has 3 rings (SSSR count). The zero-order valence-electron chi connectivity index (χ0n) is 11.8. The fourth-order valence-electron chi connectivity index (χ4n) is 3.09. The van der Waals surface area contributed by atoms with Crippen molar-refractivity contribution >= 4 is 11.5 Å². The lowest BCUT2D eigenvalue weighted by Crippen LogP contribution is -2.29. The van der Waals surface area contributed by atoms with Gasteiger partial charge >= 0.3 is 0 Å². The van der Waals surface area contributed by atoms with Gasteiger partial charge in [0.1, 0.15) is 5.82 Å². The first-order chi connectivity index (χ1) is 9.79. The van der Waals surface area contributed by atoms with Gasteiger partial charge in [0.15, 0.2) is 5.82 Å². The molecule has 2 atom stereocenters. The monoisotopic (exact) mass is 275 g/mol. The average molecular weight is 275 g/mol. The fraction of sp³-hybridized carbons (Fsp3) is 0.643. The molecular weight excluding hydrogens is 254 g/mol. The second-order valence-electron chi connectivity index (χ2n) is 5.58. The van der Waals surface area contributed by atoms with Crippen LogP contribution in [-0.2, 0) is 0 Å². The molecule has 1 saturated carbocycles. The highest BCUT2D eigenvalue weighted by Gasteiger charge is 2.24. The number of rotatable bonds is 4. The van der Waals surface area contributed by atoms with Crippen LogP contribution >= 0.6 is 0 Å². The van der Waals surface area contributed by atoms with Gasteiger partial charge in [0.05, 0.1) is 0 Å². The van der Waals surface area contributed by atoms with Crippen LogP contribution in [0.2, 0.25) is 0 Å². The molecule has 0 bridgehead atoms. The molecule has 0 saturated heterocycles. The van der Waals surface area contributed by atoms with Gasteiger partial charge in [0.25, 0.3) is 0 Å². The van der Waals surface area contributed by atoms with Gasteiger partial charge in [-0.3, -0.25) is 4.40 Å². The quantitative estimate of drug-likeness (QED) is 0.887. The highest BCUT2D eigenvalue weighted by atomic mass is 16.3. The summed E-state index contributed by atoms with van der Waals surface area (Å²) in [5.41, 5.74) is 0.765. The Kier molecular flexibility index (Phi) is 3.82. The summed E-state index contributed by atoms with van der Waals surface area (Å²) in [7, 11) is 0. The molecule has 1 aliphatic rings. The van der Waals surface area contributed by atoms with Crippen LogP contribution in [0, 0.1) is 18.8 Å². The summed E-state index contributed by atoms with van der Waals surface area (Å²) >= 11 is 0. The molecule has 2 unspecified atom stereocenters. The van der Waals surface area contributed by atoms with Gasteiger partial charge in [-0.05, 0) is 31.6 Å². The van der Waals surface area contributed by atoms with Crippen LogP contribution in [-0.4, -0.2) is 37.8 Å². The number of nitrogens with one attached hydrogen (secondary N) is 1. The highest BCUT2D eigenvalue weighted by Crippen LogP contribution is 2.30. The summed E-state index contributed by atoms with van der Waals surface area (Å²) in [4.78, 5) is 4.36. The van der Waals surface area contributed by atoms with E-state index in [1.165, 1.54) is 19.3 Å². The first-order valence-electron chi connectivity index (χ1n) is 7.30. The van der Waals surface area contributed by atoms with Gasteiger partial charge in [-0.25, -0.2) is 4.98 Å². The number of nitrogens with zero attached hydrogens (tertiary/aromatic N) is 4. The Morgan fingerprint density at radius 3 is 2.90 bits per heavy atom. The van der Waals surface area contributed by atoms with E-state index >= 15 is 0 Å². The number of anilines is 1. The van der Waals surface area contributed by atoms with Gasteiger partial charge in [0.2, 0.25) is 5.65 Å². The number of fused-ring (bicyclic) bond motifs is 1. The van der Waals surface area contributed by atoms with E-state index in [1.54, 1.807) is 6.20 Å². The molecule has 6 heteroatoms. The highest BCUT2D eigenvalue weighted by molar-refractivity contribution is 5.61. The first kappa shape index (κ1) is 13.3. The molecule has 0 spiro atoms. The van der Waals surface area contributed by atoms with Gasteiger partial charge < -0.3 is 10.4 Å². The van der Waals surface area contributed by atoms with E-state index < -0.39 is 0 Å². The number of aryl methyl sites for hydroxylation is 1. The molecule has 108 valence electrons. The Hall–Kier alpha value is -1.69. The van der Waals surface area contributed by atoms with Crippen molar-refractivity contribution in [2.75, 3.05) is 18.5 Å². The van der Waals surface area contributed by atoms with Crippen molar-refractivity contribution in [1.29, 1.82) is 0 Å². The summed E-state index contributed by atoms with van der Waals surface area (Å²) in [6, 6.07) is 0. The normalized spacial score (nSPS) is 23.1. The predicted octanol–water partition coefficient (Wildman–Crippen LogP) is 1.64. The molecule has 6 nitrogen and oxygen atoms in total. The number of aliphatic hydroxyl groups excluding tert-OH is 1. The minimum atomic E-state index is 0.286. The van der Waals surface area contributed by atoms with Crippen LogP contribution in [0.25, 0.3) is 5.65 Å². The van der Waals surface area contributed by atoms with Crippen LogP contribution in [0.1, 0.15) is 31.5 Å². The topological polar surface area (TPSA) is 75.3 Å². The van der Waals surface area contributed by atoms with Crippen molar-refractivity contribution in [2.45, 2.75) is 32.6 Å². The third-order valence-corrected chi connectivity index (χ3v) is 4.33. The molecule has 0 aromatic carbocycles. The summed E-state index contributed by atoms with van der Waals surface area (Å²) in [5.74, 6) is 2.56. The first-order valence-corrected chi connectivity index (χ1v) is 7.30. The smallest absolute Gasteiger partial charge is 0.203 e. The predicted molar refractivity (Wildman–Crippen MR) is 76.5 cm³/mol. The SMILES string of the molecule is Cc1nnc2c(NCC3CCCCC3CO)nccn12. The standard InChI is InChI=1S/C14H21N5O/c1-10-17-18-14-13(15-6-7-19(10)14)16-8-11-4-2-3-5-12(11)9-20/h6-7,11-12,20H,2-5,8-9H2,1H3,(H,15,16). The van der Waals surface area contributed by atoms with E-state index in [1.807, 2.05) is 17.5 Å². The second-order valence-corrected chi connectivity index (χ2v) is 5.58. The Bertz CT molecular complexity index is 582. The molecule has 1 aliphatic carbocycles. The molecule has 0 radical (unpaired) electrons. The van der Waals surface area contributed by atoms with Crippen molar-refractivity contribution in [3.05, 3.63) is 18.2 Å². The molecule has 2 N–H and O–H groups in total. The Labute approximate surface area is 118 Å². The van der Waals surface area contributed by atoms with E-state index in [4.69, 9.17) is 0 Å². The zero-order chi connectivity index (χ0) is 13.9. The van der Waals surface area contributed by atoms with Crippen molar-refractivity contribution in [3.63, 3.8) is 0 Å². The van der Waals surface area contributed by atoms with E-state index in [2.05, 4.69) is 20.5 Å². The average Bonchev–Trinajstić information content (AvgIpc) is 2.88. The minimum absolute atomic E-state index is 0.286.